The van der Waals surface area contributed by atoms with Crippen LogP contribution < -0.4 is 0 Å². The Hall–Kier alpha value is -0.120. The van der Waals surface area contributed by atoms with Crippen molar-refractivity contribution in [3.05, 3.63) is 0 Å². The van der Waals surface area contributed by atoms with Crippen LogP contribution in [0.15, 0.2) is 0 Å². The van der Waals surface area contributed by atoms with Crippen molar-refractivity contribution >= 4 is 0 Å². The molecule has 90 valence electrons. The molecule has 2 saturated heterocycles. The Balaban J connectivity index is 0.000000531. The number of hydrogen-bond acceptors (Lipinski definition) is 3. The van der Waals surface area contributed by atoms with Crippen molar-refractivity contribution in [3.63, 3.8) is 0 Å². The van der Waals surface area contributed by atoms with Crippen molar-refractivity contribution in [2.24, 2.45) is 0 Å². The van der Waals surface area contributed by atoms with Gasteiger partial charge in [0.05, 0.1) is 24.4 Å². The van der Waals surface area contributed by atoms with E-state index in [9.17, 15) is 0 Å². The van der Waals surface area contributed by atoms with Crippen LogP contribution in [0.25, 0.3) is 0 Å². The Labute approximate surface area is 93.7 Å². The van der Waals surface area contributed by atoms with E-state index in [1.54, 1.807) is 0 Å². The predicted molar refractivity (Wildman–Crippen MR) is 61.9 cm³/mol. The average molecular weight is 215 g/mol. The molecule has 5 unspecified atom stereocenters. The molecule has 0 bridgehead atoms. The molecule has 2 heterocycles. The standard InChI is InChI=1S/C10H19NO2.C2H6/c1-6-5-9-10(7(2)12-6)11(4)8(3)13-9;1-2/h6-10H,5H2,1-4H3;1-2H3. The van der Waals surface area contributed by atoms with E-state index in [1.807, 2.05) is 13.8 Å². The Kier molecular flexibility index (Phi) is 4.56. The fourth-order valence-electron chi connectivity index (χ4n) is 2.59. The minimum absolute atomic E-state index is 0.242. The van der Waals surface area contributed by atoms with E-state index in [4.69, 9.17) is 9.47 Å². The zero-order chi connectivity index (χ0) is 11.6. The fourth-order valence-corrected chi connectivity index (χ4v) is 2.59. The molecule has 0 saturated carbocycles. The first kappa shape index (κ1) is 12.9. The average Bonchev–Trinajstić information content (AvgIpc) is 2.45. The van der Waals surface area contributed by atoms with Gasteiger partial charge in [0.15, 0.2) is 0 Å². The van der Waals surface area contributed by atoms with Crippen molar-refractivity contribution in [2.45, 2.75) is 71.6 Å². The van der Waals surface area contributed by atoms with Crippen LogP contribution in [0.2, 0.25) is 0 Å². The largest absolute Gasteiger partial charge is 0.374 e. The van der Waals surface area contributed by atoms with Gasteiger partial charge in [-0.15, -0.1) is 0 Å². The molecular weight excluding hydrogens is 190 g/mol. The third kappa shape index (κ3) is 2.52. The number of hydrogen-bond donors (Lipinski definition) is 0. The highest BCUT2D eigenvalue weighted by molar-refractivity contribution is 4.94. The highest BCUT2D eigenvalue weighted by Crippen LogP contribution is 2.32. The maximum absolute atomic E-state index is 5.86. The van der Waals surface area contributed by atoms with E-state index < -0.39 is 0 Å². The van der Waals surface area contributed by atoms with Gasteiger partial charge in [-0.2, -0.15) is 0 Å². The van der Waals surface area contributed by atoms with E-state index in [0.29, 0.717) is 24.4 Å². The molecule has 3 nitrogen and oxygen atoms in total. The van der Waals surface area contributed by atoms with Gasteiger partial charge in [-0.05, 0) is 27.8 Å². The van der Waals surface area contributed by atoms with Crippen molar-refractivity contribution in [2.75, 3.05) is 7.05 Å². The summed E-state index contributed by atoms with van der Waals surface area (Å²) in [6.07, 6.45) is 2.28. The smallest absolute Gasteiger partial charge is 0.108 e. The summed E-state index contributed by atoms with van der Waals surface area (Å²) in [4.78, 5) is 2.28. The molecule has 0 aromatic heterocycles. The van der Waals surface area contributed by atoms with Crippen LogP contribution >= 0.6 is 0 Å². The molecule has 0 spiro atoms. The SMILES string of the molecule is CC.CC1CC2OC(C)N(C)C2C(C)O1. The molecule has 0 amide bonds. The second-order valence-electron chi connectivity index (χ2n) is 4.32. The van der Waals surface area contributed by atoms with Crippen LogP contribution in [-0.4, -0.2) is 42.5 Å². The molecule has 0 aromatic carbocycles. The van der Waals surface area contributed by atoms with Crippen molar-refractivity contribution in [1.29, 1.82) is 0 Å². The lowest BCUT2D eigenvalue weighted by molar-refractivity contribution is -0.0938. The predicted octanol–water partition coefficient (Wildman–Crippen LogP) is 2.26. The summed E-state index contributed by atoms with van der Waals surface area (Å²) >= 11 is 0. The Bertz CT molecular complexity index is 196. The van der Waals surface area contributed by atoms with Gasteiger partial charge in [-0.1, -0.05) is 13.8 Å². The van der Waals surface area contributed by atoms with E-state index in [2.05, 4.69) is 32.7 Å². The number of ether oxygens (including phenoxy) is 2. The van der Waals surface area contributed by atoms with Gasteiger partial charge in [0.1, 0.15) is 6.23 Å². The summed E-state index contributed by atoms with van der Waals surface area (Å²) in [6.45, 7) is 10.4. The maximum Gasteiger partial charge on any atom is 0.108 e. The topological polar surface area (TPSA) is 21.7 Å². The van der Waals surface area contributed by atoms with Crippen molar-refractivity contribution < 1.29 is 9.47 Å². The van der Waals surface area contributed by atoms with Crippen LogP contribution in [0.4, 0.5) is 0 Å². The van der Waals surface area contributed by atoms with Crippen molar-refractivity contribution in [1.82, 2.24) is 4.90 Å². The Morgan fingerprint density at radius 1 is 1.07 bits per heavy atom. The molecule has 2 aliphatic heterocycles. The Morgan fingerprint density at radius 3 is 2.27 bits per heavy atom. The van der Waals surface area contributed by atoms with Gasteiger partial charge in [0.25, 0.3) is 0 Å². The zero-order valence-corrected chi connectivity index (χ0v) is 10.9. The summed E-state index contributed by atoms with van der Waals surface area (Å²) in [5.74, 6) is 0. The van der Waals surface area contributed by atoms with E-state index in [-0.39, 0.29) is 6.23 Å². The molecule has 2 fully saturated rings. The molecule has 0 aliphatic carbocycles. The lowest BCUT2D eigenvalue weighted by Gasteiger charge is -2.36. The van der Waals surface area contributed by atoms with Gasteiger partial charge in [-0.3, -0.25) is 4.90 Å². The molecule has 3 heteroatoms. The first-order valence-electron chi connectivity index (χ1n) is 6.12. The van der Waals surface area contributed by atoms with Crippen molar-refractivity contribution in [3.8, 4) is 0 Å². The summed E-state index contributed by atoms with van der Waals surface area (Å²) in [7, 11) is 2.12. The maximum atomic E-state index is 5.86. The third-order valence-corrected chi connectivity index (χ3v) is 3.29. The highest BCUT2D eigenvalue weighted by Gasteiger charge is 2.45. The first-order chi connectivity index (χ1) is 7.09. The second kappa shape index (κ2) is 5.28. The number of rotatable bonds is 0. The molecular formula is C12H25NO2. The molecule has 2 aliphatic rings. The monoisotopic (exact) mass is 215 g/mol. The van der Waals surface area contributed by atoms with Gasteiger partial charge in [-0.25, -0.2) is 0 Å². The number of nitrogens with zero attached hydrogens (tertiary/aromatic N) is 1. The summed E-state index contributed by atoms with van der Waals surface area (Å²) in [5, 5.41) is 0. The molecule has 0 aromatic rings. The normalized spacial score (nSPS) is 45.6. The third-order valence-electron chi connectivity index (χ3n) is 3.29. The zero-order valence-electron chi connectivity index (χ0n) is 10.9. The summed E-state index contributed by atoms with van der Waals surface area (Å²) < 4.78 is 11.7. The number of fused-ring (bicyclic) bond motifs is 1. The lowest BCUT2D eigenvalue weighted by atomic mass is 9.97. The second-order valence-corrected chi connectivity index (χ2v) is 4.32. The van der Waals surface area contributed by atoms with Gasteiger partial charge < -0.3 is 9.47 Å². The molecule has 15 heavy (non-hydrogen) atoms. The fraction of sp³-hybridized carbons (Fsp3) is 1.00. The van der Waals surface area contributed by atoms with Crippen LogP contribution in [0.5, 0.6) is 0 Å². The van der Waals surface area contributed by atoms with Crippen LogP contribution in [0.3, 0.4) is 0 Å². The summed E-state index contributed by atoms with van der Waals surface area (Å²) in [6, 6.07) is 0.450. The van der Waals surface area contributed by atoms with Gasteiger partial charge in [0.2, 0.25) is 0 Å². The molecule has 2 rings (SSSR count). The molecule has 0 N–H and O–H groups in total. The Morgan fingerprint density at radius 2 is 1.67 bits per heavy atom. The minimum atomic E-state index is 0.242. The lowest BCUT2D eigenvalue weighted by Crippen LogP contribution is -2.49. The molecule has 5 atom stereocenters. The van der Waals surface area contributed by atoms with E-state index in [0.717, 1.165) is 6.42 Å². The van der Waals surface area contributed by atoms with E-state index in [1.165, 1.54) is 0 Å². The summed E-state index contributed by atoms with van der Waals surface area (Å²) in [5.41, 5.74) is 0. The van der Waals surface area contributed by atoms with Crippen LogP contribution in [-0.2, 0) is 9.47 Å². The molecule has 0 radical (unpaired) electrons. The van der Waals surface area contributed by atoms with E-state index >= 15 is 0 Å². The minimum Gasteiger partial charge on any atom is -0.374 e. The highest BCUT2D eigenvalue weighted by atomic mass is 16.5. The number of likely N-dealkylation sites (N-methyl/N-ethyl adjacent to an activating group) is 1. The van der Waals surface area contributed by atoms with Crippen LogP contribution in [0.1, 0.15) is 41.0 Å². The van der Waals surface area contributed by atoms with Gasteiger partial charge >= 0.3 is 0 Å². The van der Waals surface area contributed by atoms with Gasteiger partial charge in [0, 0.05) is 6.42 Å². The first-order valence-corrected chi connectivity index (χ1v) is 6.12. The van der Waals surface area contributed by atoms with Crippen LogP contribution in [0, 0.1) is 0 Å². The quantitative estimate of drug-likeness (QED) is 0.618.